The Morgan fingerprint density at radius 2 is 1.97 bits per heavy atom. The van der Waals surface area contributed by atoms with Crippen molar-refractivity contribution in [2.45, 2.75) is 49.8 Å². The van der Waals surface area contributed by atoms with Crippen LogP contribution in [-0.2, 0) is 37.3 Å². The van der Waals surface area contributed by atoms with E-state index in [4.69, 9.17) is 4.74 Å². The van der Waals surface area contributed by atoms with Crippen LogP contribution in [0, 0.1) is 5.92 Å². The smallest absolute Gasteiger partial charge is 0.325 e. The van der Waals surface area contributed by atoms with Gasteiger partial charge in [0.1, 0.15) is 10.8 Å². The molecule has 0 N–H and O–H groups in total. The Morgan fingerprint density at radius 1 is 1.20 bits per heavy atom. The van der Waals surface area contributed by atoms with Crippen molar-refractivity contribution in [2.24, 2.45) is 10.9 Å². The van der Waals surface area contributed by atoms with Crippen molar-refractivity contribution in [1.82, 2.24) is 8.87 Å². The van der Waals surface area contributed by atoms with Gasteiger partial charge in [-0.3, -0.25) is 9.59 Å². The second kappa shape index (κ2) is 11.2. The number of unbranched alkanes of at least 4 members (excludes halogenated alkanes) is 1. The lowest BCUT2D eigenvalue weighted by Crippen LogP contribution is -2.40. The van der Waals surface area contributed by atoms with E-state index in [-0.39, 0.29) is 31.5 Å². The summed E-state index contributed by atoms with van der Waals surface area (Å²) in [5.41, 5.74) is 2.05. The van der Waals surface area contributed by atoms with Crippen LogP contribution in [0.3, 0.4) is 0 Å². The van der Waals surface area contributed by atoms with Gasteiger partial charge in [0.15, 0.2) is 4.80 Å². The van der Waals surface area contributed by atoms with Crippen LogP contribution in [-0.4, -0.2) is 49.4 Å². The largest absolute Gasteiger partial charge is 0.468 e. The molecule has 0 unspecified atom stereocenters. The number of rotatable bonds is 8. The molecule has 4 rings (SSSR count). The van der Waals surface area contributed by atoms with Gasteiger partial charge in [0, 0.05) is 19.0 Å². The summed E-state index contributed by atoms with van der Waals surface area (Å²) >= 11 is 2.58. The zero-order valence-corrected chi connectivity index (χ0v) is 22.3. The number of thiazole rings is 1. The van der Waals surface area contributed by atoms with E-state index in [0.29, 0.717) is 21.9 Å². The SMILES string of the molecule is CCCCc1ccc2c(c1)sc(=NC(=O)C1CCN(S(=O)(=O)c3cccs3)CC1)n2CC(=O)OC. The summed E-state index contributed by atoms with van der Waals surface area (Å²) in [6.45, 7) is 2.68. The molecule has 0 atom stereocenters. The number of sulfonamides is 1. The van der Waals surface area contributed by atoms with E-state index >= 15 is 0 Å². The minimum atomic E-state index is -3.52. The molecule has 8 nitrogen and oxygen atoms in total. The van der Waals surface area contributed by atoms with Gasteiger partial charge in [0.25, 0.3) is 15.9 Å². The van der Waals surface area contributed by atoms with Crippen LogP contribution in [0.4, 0.5) is 0 Å². The summed E-state index contributed by atoms with van der Waals surface area (Å²) < 4.78 is 34.8. The van der Waals surface area contributed by atoms with Gasteiger partial charge in [-0.05, 0) is 54.8 Å². The Kier molecular flexibility index (Phi) is 8.20. The summed E-state index contributed by atoms with van der Waals surface area (Å²) in [5.74, 6) is -1.06. The fourth-order valence-electron chi connectivity index (χ4n) is 4.15. The molecule has 3 heterocycles. The first-order valence-electron chi connectivity index (χ1n) is 11.6. The molecular formula is C24H29N3O5S3. The van der Waals surface area contributed by atoms with Gasteiger partial charge in [-0.1, -0.05) is 36.8 Å². The molecule has 1 aromatic carbocycles. The van der Waals surface area contributed by atoms with Crippen LogP contribution in [0.15, 0.2) is 44.9 Å². The molecule has 0 spiro atoms. The van der Waals surface area contributed by atoms with E-state index in [2.05, 4.69) is 18.0 Å². The molecule has 3 aromatic rings. The highest BCUT2D eigenvalue weighted by Gasteiger charge is 2.32. The average Bonchev–Trinajstić information content (AvgIpc) is 3.52. The maximum absolute atomic E-state index is 13.1. The van der Waals surface area contributed by atoms with E-state index in [1.807, 2.05) is 12.1 Å². The van der Waals surface area contributed by atoms with Gasteiger partial charge in [0.05, 0.1) is 17.3 Å². The van der Waals surface area contributed by atoms with E-state index in [1.165, 1.54) is 39.7 Å². The van der Waals surface area contributed by atoms with Crippen molar-refractivity contribution in [3.05, 3.63) is 46.1 Å². The third-order valence-corrected chi connectivity index (χ3v) is 10.5. The van der Waals surface area contributed by atoms with E-state index in [9.17, 15) is 18.0 Å². The highest BCUT2D eigenvalue weighted by Crippen LogP contribution is 2.27. The number of carbonyl (C=O) groups is 2. The average molecular weight is 536 g/mol. The zero-order valence-electron chi connectivity index (χ0n) is 19.8. The molecular weight excluding hydrogens is 506 g/mol. The molecule has 0 aliphatic carbocycles. The minimum Gasteiger partial charge on any atom is -0.468 e. The number of carbonyl (C=O) groups excluding carboxylic acids is 2. The first kappa shape index (κ1) is 25.7. The highest BCUT2D eigenvalue weighted by atomic mass is 32.2. The molecule has 0 saturated carbocycles. The zero-order chi connectivity index (χ0) is 25.0. The monoisotopic (exact) mass is 535 g/mol. The summed E-state index contributed by atoms with van der Waals surface area (Å²) in [7, 11) is -2.19. The Balaban J connectivity index is 1.57. The van der Waals surface area contributed by atoms with E-state index < -0.39 is 16.0 Å². The number of fused-ring (bicyclic) bond motifs is 1. The van der Waals surface area contributed by atoms with Crippen molar-refractivity contribution in [3.63, 3.8) is 0 Å². The topological polar surface area (TPSA) is 98.0 Å². The van der Waals surface area contributed by atoms with E-state index in [1.54, 1.807) is 22.1 Å². The van der Waals surface area contributed by atoms with Crippen LogP contribution in [0.5, 0.6) is 0 Å². The fraction of sp³-hybridized carbons (Fsp3) is 0.458. The number of benzene rings is 1. The quantitative estimate of drug-likeness (QED) is 0.409. The summed E-state index contributed by atoms with van der Waals surface area (Å²) in [6, 6.07) is 9.43. The van der Waals surface area contributed by atoms with Crippen LogP contribution in [0.1, 0.15) is 38.2 Å². The standard InChI is InChI=1S/C24H29N3O5S3/c1-3-4-6-17-8-9-19-20(15-17)34-24(27(19)16-21(28)32-2)25-23(29)18-10-12-26(13-11-18)35(30,31)22-7-5-14-33-22/h5,7-9,14-15,18H,3-4,6,10-13,16H2,1-2H3. The van der Waals surface area contributed by atoms with E-state index in [0.717, 1.165) is 29.5 Å². The Bertz CT molecular complexity index is 1370. The molecule has 1 amide bonds. The first-order valence-corrected chi connectivity index (χ1v) is 14.8. The summed E-state index contributed by atoms with van der Waals surface area (Å²) in [6.07, 6.45) is 3.99. The summed E-state index contributed by atoms with van der Waals surface area (Å²) in [4.78, 5) is 30.0. The highest BCUT2D eigenvalue weighted by molar-refractivity contribution is 7.91. The Morgan fingerprint density at radius 3 is 2.63 bits per heavy atom. The number of thiophene rings is 1. The second-order valence-corrected chi connectivity index (χ2v) is 12.6. The molecule has 0 bridgehead atoms. The fourth-order valence-corrected chi connectivity index (χ4v) is 7.86. The lowest BCUT2D eigenvalue weighted by molar-refractivity contribution is -0.141. The number of esters is 1. The van der Waals surface area contributed by atoms with Crippen LogP contribution in [0.25, 0.3) is 10.2 Å². The predicted octanol–water partition coefficient (Wildman–Crippen LogP) is 3.81. The van der Waals surface area contributed by atoms with Crippen molar-refractivity contribution in [3.8, 4) is 0 Å². The lowest BCUT2D eigenvalue weighted by Gasteiger charge is -2.29. The summed E-state index contributed by atoms with van der Waals surface area (Å²) in [5, 5.41) is 1.74. The second-order valence-electron chi connectivity index (χ2n) is 8.51. The number of aromatic nitrogens is 1. The lowest BCUT2D eigenvalue weighted by atomic mass is 9.98. The number of amides is 1. The third kappa shape index (κ3) is 5.74. The molecule has 188 valence electrons. The predicted molar refractivity (Wildman–Crippen MR) is 137 cm³/mol. The molecule has 1 aliphatic rings. The van der Waals surface area contributed by atoms with Crippen LogP contribution >= 0.6 is 22.7 Å². The number of hydrogen-bond donors (Lipinski definition) is 0. The van der Waals surface area contributed by atoms with Gasteiger partial charge in [-0.15, -0.1) is 11.3 Å². The first-order chi connectivity index (χ1) is 16.8. The Hall–Kier alpha value is -2.34. The molecule has 11 heteroatoms. The molecule has 1 saturated heterocycles. The maximum Gasteiger partial charge on any atom is 0.325 e. The number of methoxy groups -OCH3 is 1. The number of nitrogens with zero attached hydrogens (tertiary/aromatic N) is 3. The van der Waals surface area contributed by atoms with Gasteiger partial charge < -0.3 is 9.30 Å². The third-order valence-electron chi connectivity index (χ3n) is 6.18. The molecule has 0 radical (unpaired) electrons. The van der Waals surface area contributed by atoms with Gasteiger partial charge in [0.2, 0.25) is 0 Å². The van der Waals surface area contributed by atoms with Crippen molar-refractivity contribution >= 4 is 54.8 Å². The van der Waals surface area contributed by atoms with Gasteiger partial charge in [-0.2, -0.15) is 9.30 Å². The van der Waals surface area contributed by atoms with Crippen molar-refractivity contribution in [2.75, 3.05) is 20.2 Å². The minimum absolute atomic E-state index is 0.0333. The number of ether oxygens (including phenoxy) is 1. The van der Waals surface area contributed by atoms with Gasteiger partial charge in [-0.25, -0.2) is 8.42 Å². The van der Waals surface area contributed by atoms with Crippen molar-refractivity contribution < 1.29 is 22.7 Å². The molecule has 1 aliphatic heterocycles. The molecule has 1 fully saturated rings. The van der Waals surface area contributed by atoms with Crippen LogP contribution in [0.2, 0.25) is 0 Å². The maximum atomic E-state index is 13.1. The molecule has 35 heavy (non-hydrogen) atoms. The Labute approximate surface area is 212 Å². The molecule has 2 aromatic heterocycles. The number of piperidine rings is 1. The number of hydrogen-bond acceptors (Lipinski definition) is 7. The van der Waals surface area contributed by atoms with Crippen LogP contribution < -0.4 is 4.80 Å². The van der Waals surface area contributed by atoms with Crippen molar-refractivity contribution in [1.29, 1.82) is 0 Å². The number of aryl methyl sites for hydroxylation is 1. The normalized spacial score (nSPS) is 16.1. The van der Waals surface area contributed by atoms with Gasteiger partial charge >= 0.3 is 5.97 Å².